The molecule has 0 saturated heterocycles. The molecule has 0 aromatic carbocycles. The van der Waals surface area contributed by atoms with E-state index in [1.807, 2.05) is 6.92 Å². The number of rotatable bonds is 9. The van der Waals surface area contributed by atoms with Crippen molar-refractivity contribution in [3.05, 3.63) is 11.7 Å². The van der Waals surface area contributed by atoms with E-state index in [0.717, 1.165) is 12.8 Å². The van der Waals surface area contributed by atoms with Gasteiger partial charge in [0.15, 0.2) is 5.82 Å². The molecule has 7 nitrogen and oxygen atoms in total. The zero-order chi connectivity index (χ0) is 15.0. The Bertz CT molecular complexity index is 445. The number of carbonyl (C=O) groups is 2. The van der Waals surface area contributed by atoms with Gasteiger partial charge in [-0.2, -0.15) is 4.98 Å². The Balaban J connectivity index is 2.25. The van der Waals surface area contributed by atoms with Gasteiger partial charge in [0.05, 0.1) is 6.42 Å². The standard InChI is InChI=1S/C13H21N3O4/c1-3-5-10-14-11(20-15-10)6-4-7-12(17)16(2)9-8-13(18)19/h3-9H2,1-2H3,(H,18,19). The summed E-state index contributed by atoms with van der Waals surface area (Å²) in [6.45, 7) is 2.27. The summed E-state index contributed by atoms with van der Waals surface area (Å²) in [5.74, 6) is 0.278. The topological polar surface area (TPSA) is 96.5 Å². The van der Waals surface area contributed by atoms with Crippen LogP contribution >= 0.6 is 0 Å². The molecular formula is C13H21N3O4. The maximum absolute atomic E-state index is 11.7. The minimum Gasteiger partial charge on any atom is -0.481 e. The molecule has 0 aliphatic carbocycles. The number of aryl methyl sites for hydroxylation is 2. The quantitative estimate of drug-likeness (QED) is 0.733. The third-order valence-electron chi connectivity index (χ3n) is 2.85. The molecule has 112 valence electrons. The third kappa shape index (κ3) is 5.81. The van der Waals surface area contributed by atoms with Crippen molar-refractivity contribution in [1.29, 1.82) is 0 Å². The van der Waals surface area contributed by atoms with Gasteiger partial charge in [-0.25, -0.2) is 0 Å². The van der Waals surface area contributed by atoms with Crippen LogP contribution in [0.3, 0.4) is 0 Å². The van der Waals surface area contributed by atoms with Crippen LogP contribution in [0.5, 0.6) is 0 Å². The predicted octanol–water partition coefficient (Wildman–Crippen LogP) is 1.28. The fraction of sp³-hybridized carbons (Fsp3) is 0.692. The van der Waals surface area contributed by atoms with E-state index in [0.29, 0.717) is 31.0 Å². The fourth-order valence-electron chi connectivity index (χ4n) is 1.69. The van der Waals surface area contributed by atoms with Crippen molar-refractivity contribution < 1.29 is 19.2 Å². The largest absolute Gasteiger partial charge is 0.481 e. The second-order valence-corrected chi connectivity index (χ2v) is 4.67. The molecule has 0 aliphatic rings. The molecule has 1 rings (SSSR count). The van der Waals surface area contributed by atoms with Gasteiger partial charge >= 0.3 is 5.97 Å². The molecule has 0 aliphatic heterocycles. The van der Waals surface area contributed by atoms with E-state index in [9.17, 15) is 9.59 Å². The van der Waals surface area contributed by atoms with Crippen LogP contribution in [-0.4, -0.2) is 45.6 Å². The summed E-state index contributed by atoms with van der Waals surface area (Å²) in [6.07, 6.45) is 3.25. The van der Waals surface area contributed by atoms with E-state index in [2.05, 4.69) is 10.1 Å². The zero-order valence-electron chi connectivity index (χ0n) is 12.0. The summed E-state index contributed by atoms with van der Waals surface area (Å²) in [4.78, 5) is 27.8. The lowest BCUT2D eigenvalue weighted by Gasteiger charge is -2.15. The number of aromatic nitrogens is 2. The van der Waals surface area contributed by atoms with Crippen molar-refractivity contribution >= 4 is 11.9 Å². The van der Waals surface area contributed by atoms with Gasteiger partial charge in [-0.1, -0.05) is 12.1 Å². The minimum atomic E-state index is -0.904. The molecule has 0 fully saturated rings. The van der Waals surface area contributed by atoms with Crippen LogP contribution in [-0.2, 0) is 22.4 Å². The molecule has 1 N–H and O–H groups in total. The number of hydrogen-bond acceptors (Lipinski definition) is 5. The number of hydrogen-bond donors (Lipinski definition) is 1. The molecule has 1 aromatic heterocycles. The maximum Gasteiger partial charge on any atom is 0.305 e. The Hall–Kier alpha value is -1.92. The zero-order valence-corrected chi connectivity index (χ0v) is 12.0. The molecular weight excluding hydrogens is 262 g/mol. The third-order valence-corrected chi connectivity index (χ3v) is 2.85. The van der Waals surface area contributed by atoms with Crippen LogP contribution in [0.1, 0.15) is 44.3 Å². The normalized spacial score (nSPS) is 10.5. The summed E-state index contributed by atoms with van der Waals surface area (Å²) in [6, 6.07) is 0. The fourth-order valence-corrected chi connectivity index (χ4v) is 1.69. The predicted molar refractivity (Wildman–Crippen MR) is 71.1 cm³/mol. The van der Waals surface area contributed by atoms with Crippen molar-refractivity contribution in [1.82, 2.24) is 15.0 Å². The lowest BCUT2D eigenvalue weighted by atomic mass is 10.2. The SMILES string of the molecule is CCCc1noc(CCCC(=O)N(C)CCC(=O)O)n1. The molecule has 0 atom stereocenters. The van der Waals surface area contributed by atoms with Crippen LogP contribution < -0.4 is 0 Å². The lowest BCUT2D eigenvalue weighted by molar-refractivity contribution is -0.138. The van der Waals surface area contributed by atoms with Crippen molar-refractivity contribution in [3.8, 4) is 0 Å². The van der Waals surface area contributed by atoms with Gasteiger partial charge in [-0.05, 0) is 12.8 Å². The van der Waals surface area contributed by atoms with Gasteiger partial charge in [0.2, 0.25) is 11.8 Å². The number of nitrogens with zero attached hydrogens (tertiary/aromatic N) is 3. The Morgan fingerprint density at radius 3 is 2.70 bits per heavy atom. The van der Waals surface area contributed by atoms with Gasteiger partial charge < -0.3 is 14.5 Å². The van der Waals surface area contributed by atoms with Gasteiger partial charge in [0.1, 0.15) is 0 Å². The first-order valence-electron chi connectivity index (χ1n) is 6.80. The number of aliphatic carboxylic acids is 1. The first-order chi connectivity index (χ1) is 9.52. The van der Waals surface area contributed by atoms with Crippen LogP contribution in [0.15, 0.2) is 4.52 Å². The van der Waals surface area contributed by atoms with E-state index >= 15 is 0 Å². The Morgan fingerprint density at radius 1 is 1.30 bits per heavy atom. The molecule has 0 unspecified atom stereocenters. The highest BCUT2D eigenvalue weighted by molar-refractivity contribution is 5.76. The number of carbonyl (C=O) groups excluding carboxylic acids is 1. The molecule has 0 spiro atoms. The average molecular weight is 283 g/mol. The van der Waals surface area contributed by atoms with Gasteiger partial charge in [-0.15, -0.1) is 0 Å². The monoisotopic (exact) mass is 283 g/mol. The molecule has 0 bridgehead atoms. The minimum absolute atomic E-state index is 0.0354. The van der Waals surface area contributed by atoms with E-state index in [1.54, 1.807) is 7.05 Å². The van der Waals surface area contributed by atoms with E-state index < -0.39 is 5.97 Å². The molecule has 0 radical (unpaired) electrons. The van der Waals surface area contributed by atoms with Crippen molar-refractivity contribution in [2.75, 3.05) is 13.6 Å². The summed E-state index contributed by atoms with van der Waals surface area (Å²) in [7, 11) is 1.61. The van der Waals surface area contributed by atoms with Gasteiger partial charge in [0, 0.05) is 32.9 Å². The van der Waals surface area contributed by atoms with Crippen LogP contribution in [0.25, 0.3) is 0 Å². The molecule has 0 saturated carbocycles. The Morgan fingerprint density at radius 2 is 2.05 bits per heavy atom. The van der Waals surface area contributed by atoms with Crippen LogP contribution in [0.4, 0.5) is 0 Å². The molecule has 7 heteroatoms. The van der Waals surface area contributed by atoms with E-state index in [-0.39, 0.29) is 18.9 Å². The summed E-state index contributed by atoms with van der Waals surface area (Å²) < 4.78 is 5.07. The highest BCUT2D eigenvalue weighted by atomic mass is 16.5. The smallest absolute Gasteiger partial charge is 0.305 e. The van der Waals surface area contributed by atoms with Crippen molar-refractivity contribution in [2.45, 2.75) is 45.4 Å². The molecule has 20 heavy (non-hydrogen) atoms. The maximum atomic E-state index is 11.7. The molecule has 1 heterocycles. The Kier molecular flexibility index (Phi) is 6.69. The summed E-state index contributed by atoms with van der Waals surface area (Å²) in [5, 5.41) is 12.4. The molecule has 1 amide bonds. The average Bonchev–Trinajstić information content (AvgIpc) is 2.84. The second-order valence-electron chi connectivity index (χ2n) is 4.67. The van der Waals surface area contributed by atoms with Crippen LogP contribution in [0, 0.1) is 0 Å². The Labute approximate surface area is 118 Å². The molecule has 1 aromatic rings. The highest BCUT2D eigenvalue weighted by Gasteiger charge is 2.11. The summed E-state index contributed by atoms with van der Waals surface area (Å²) >= 11 is 0. The van der Waals surface area contributed by atoms with Gasteiger partial charge in [0.25, 0.3) is 0 Å². The van der Waals surface area contributed by atoms with E-state index in [1.165, 1.54) is 4.90 Å². The first kappa shape index (κ1) is 16.1. The second kappa shape index (κ2) is 8.29. The first-order valence-corrected chi connectivity index (χ1v) is 6.80. The number of carboxylic acids is 1. The van der Waals surface area contributed by atoms with E-state index in [4.69, 9.17) is 9.63 Å². The number of amides is 1. The highest BCUT2D eigenvalue weighted by Crippen LogP contribution is 2.06. The van der Waals surface area contributed by atoms with Crippen molar-refractivity contribution in [3.63, 3.8) is 0 Å². The number of carboxylic acid groups (broad SMARTS) is 1. The van der Waals surface area contributed by atoms with Crippen molar-refractivity contribution in [2.24, 2.45) is 0 Å². The summed E-state index contributed by atoms with van der Waals surface area (Å²) in [5.41, 5.74) is 0. The lowest BCUT2D eigenvalue weighted by Crippen LogP contribution is -2.28. The van der Waals surface area contributed by atoms with Gasteiger partial charge in [-0.3, -0.25) is 9.59 Å². The van der Waals surface area contributed by atoms with Crippen LogP contribution in [0.2, 0.25) is 0 Å².